The van der Waals surface area contributed by atoms with Crippen LogP contribution in [0.4, 0.5) is 11.5 Å². The maximum atomic E-state index is 13.7. The Balaban J connectivity index is 1.76. The van der Waals surface area contributed by atoms with Gasteiger partial charge in [-0.05, 0) is 52.2 Å². The Bertz CT molecular complexity index is 1330. The molecule has 0 radical (unpaired) electrons. The fourth-order valence-corrected chi connectivity index (χ4v) is 5.01. The Kier molecular flexibility index (Phi) is 6.04. The van der Waals surface area contributed by atoms with Crippen LogP contribution in [0.15, 0.2) is 24.3 Å². The minimum atomic E-state index is -3.53. The third-order valence-electron chi connectivity index (χ3n) is 6.14. The molecule has 0 bridgehead atoms. The number of carbonyl (C=O) groups is 1. The summed E-state index contributed by atoms with van der Waals surface area (Å²) in [4.78, 5) is 20.2. The van der Waals surface area contributed by atoms with Gasteiger partial charge in [0.2, 0.25) is 10.0 Å². The Hall–Kier alpha value is -3.14. The number of aromatic nitrogens is 3. The number of sulfonamides is 1. The van der Waals surface area contributed by atoms with Gasteiger partial charge in [0.05, 0.1) is 29.2 Å². The number of amides is 1. The summed E-state index contributed by atoms with van der Waals surface area (Å²) >= 11 is 0. The summed E-state index contributed by atoms with van der Waals surface area (Å²) in [7, 11) is -1.67. The molecule has 1 amide bonds. The largest absolute Gasteiger partial charge is 0.373 e. The quantitative estimate of drug-likeness (QED) is 0.591. The Morgan fingerprint density at radius 2 is 1.91 bits per heavy atom. The summed E-state index contributed by atoms with van der Waals surface area (Å²) < 4.78 is 28.0. The molecular formula is C23H30N6O3S. The second kappa shape index (κ2) is 8.66. The zero-order valence-electron chi connectivity index (χ0n) is 19.6. The molecular weight excluding hydrogens is 440 g/mol. The first-order valence-corrected chi connectivity index (χ1v) is 12.9. The van der Waals surface area contributed by atoms with E-state index in [0.29, 0.717) is 12.1 Å². The van der Waals surface area contributed by atoms with Crippen LogP contribution >= 0.6 is 0 Å². The lowest BCUT2D eigenvalue weighted by molar-refractivity contribution is 0.0607. The van der Waals surface area contributed by atoms with Gasteiger partial charge in [-0.2, -0.15) is 9.61 Å². The van der Waals surface area contributed by atoms with Gasteiger partial charge in [0.25, 0.3) is 5.91 Å². The number of nitrogens with one attached hydrogen (secondary N) is 2. The number of rotatable bonds is 5. The molecule has 0 unspecified atom stereocenters. The van der Waals surface area contributed by atoms with E-state index in [1.807, 2.05) is 38.8 Å². The van der Waals surface area contributed by atoms with Crippen LogP contribution < -0.4 is 10.0 Å². The van der Waals surface area contributed by atoms with Gasteiger partial charge in [-0.15, -0.1) is 0 Å². The van der Waals surface area contributed by atoms with E-state index in [4.69, 9.17) is 5.10 Å². The number of anilines is 2. The highest BCUT2D eigenvalue weighted by atomic mass is 32.2. The summed E-state index contributed by atoms with van der Waals surface area (Å²) in [6.45, 7) is 6.42. The number of hydrogen-bond acceptors (Lipinski definition) is 6. The number of aryl methyl sites for hydroxylation is 2. The van der Waals surface area contributed by atoms with Crippen molar-refractivity contribution in [2.24, 2.45) is 0 Å². The van der Waals surface area contributed by atoms with E-state index >= 15 is 0 Å². The van der Waals surface area contributed by atoms with Crippen LogP contribution in [-0.4, -0.2) is 53.7 Å². The predicted molar refractivity (Wildman–Crippen MR) is 129 cm³/mol. The van der Waals surface area contributed by atoms with E-state index in [9.17, 15) is 13.2 Å². The molecule has 9 nitrogen and oxygen atoms in total. The number of likely N-dealkylation sites (tertiary alicyclic amines) is 1. The molecule has 1 aliphatic rings. The molecule has 1 aromatic carbocycles. The van der Waals surface area contributed by atoms with Gasteiger partial charge in [0, 0.05) is 30.9 Å². The van der Waals surface area contributed by atoms with Crippen molar-refractivity contribution in [3.63, 3.8) is 0 Å². The van der Waals surface area contributed by atoms with Crippen LogP contribution in [0, 0.1) is 20.8 Å². The van der Waals surface area contributed by atoms with E-state index in [1.165, 1.54) is 0 Å². The molecule has 0 spiro atoms. The van der Waals surface area contributed by atoms with E-state index in [-0.39, 0.29) is 17.6 Å². The number of nitrogens with zero attached hydrogens (tertiary/aromatic N) is 4. The normalized spacial score (nSPS) is 16.8. The van der Waals surface area contributed by atoms with Gasteiger partial charge in [-0.25, -0.2) is 13.4 Å². The molecule has 0 saturated carbocycles. The molecule has 1 saturated heterocycles. The third kappa shape index (κ3) is 4.52. The minimum Gasteiger partial charge on any atom is -0.373 e. The smallest absolute Gasteiger partial charge is 0.256 e. The van der Waals surface area contributed by atoms with E-state index in [0.717, 1.165) is 59.5 Å². The lowest BCUT2D eigenvalue weighted by atomic mass is 9.97. The molecule has 1 atom stereocenters. The first kappa shape index (κ1) is 23.0. The fraction of sp³-hybridized carbons (Fsp3) is 0.435. The molecule has 176 valence electrons. The van der Waals surface area contributed by atoms with Crippen LogP contribution in [-0.2, 0) is 10.0 Å². The van der Waals surface area contributed by atoms with Gasteiger partial charge >= 0.3 is 0 Å². The molecule has 10 heteroatoms. The molecule has 33 heavy (non-hydrogen) atoms. The molecule has 4 rings (SSSR count). The van der Waals surface area contributed by atoms with Crippen molar-refractivity contribution in [2.75, 3.05) is 29.9 Å². The lowest BCUT2D eigenvalue weighted by Gasteiger charge is -2.35. The van der Waals surface area contributed by atoms with Crippen molar-refractivity contribution in [1.29, 1.82) is 0 Å². The Morgan fingerprint density at radius 1 is 1.15 bits per heavy atom. The molecule has 1 fully saturated rings. The minimum absolute atomic E-state index is 0.208. The molecule has 2 aromatic heterocycles. The van der Waals surface area contributed by atoms with Crippen LogP contribution in [0.5, 0.6) is 0 Å². The SMILES string of the molecule is CNc1c(C)c(C)nc2cc([C@@H]3CCCCN3C(=O)c3cc(C)ccc3NS(C)(=O)=O)nn12. The maximum absolute atomic E-state index is 13.7. The maximum Gasteiger partial charge on any atom is 0.256 e. The van der Waals surface area contributed by atoms with Crippen molar-refractivity contribution >= 4 is 33.1 Å². The van der Waals surface area contributed by atoms with Crippen LogP contribution in [0.1, 0.15) is 58.2 Å². The third-order valence-corrected chi connectivity index (χ3v) is 6.73. The van der Waals surface area contributed by atoms with Crippen LogP contribution in [0.2, 0.25) is 0 Å². The zero-order chi connectivity index (χ0) is 23.9. The Morgan fingerprint density at radius 3 is 2.61 bits per heavy atom. The van der Waals surface area contributed by atoms with Crippen LogP contribution in [0.3, 0.4) is 0 Å². The second-order valence-electron chi connectivity index (χ2n) is 8.69. The van der Waals surface area contributed by atoms with Crippen molar-refractivity contribution in [2.45, 2.75) is 46.1 Å². The van der Waals surface area contributed by atoms with Gasteiger partial charge in [0.1, 0.15) is 5.82 Å². The monoisotopic (exact) mass is 470 g/mol. The number of piperidine rings is 1. The zero-order valence-corrected chi connectivity index (χ0v) is 20.5. The van der Waals surface area contributed by atoms with Crippen molar-refractivity contribution in [3.8, 4) is 0 Å². The van der Waals surface area contributed by atoms with Gasteiger partial charge in [-0.1, -0.05) is 11.6 Å². The van der Waals surface area contributed by atoms with Gasteiger partial charge in [0.15, 0.2) is 5.65 Å². The van der Waals surface area contributed by atoms with Gasteiger partial charge < -0.3 is 10.2 Å². The first-order chi connectivity index (χ1) is 15.6. The fourth-order valence-electron chi connectivity index (χ4n) is 4.44. The second-order valence-corrected chi connectivity index (χ2v) is 10.4. The summed E-state index contributed by atoms with van der Waals surface area (Å²) in [5.74, 6) is 0.663. The van der Waals surface area contributed by atoms with Crippen molar-refractivity contribution < 1.29 is 13.2 Å². The van der Waals surface area contributed by atoms with Crippen molar-refractivity contribution in [3.05, 3.63) is 52.3 Å². The molecule has 2 N–H and O–H groups in total. The molecule has 0 aliphatic carbocycles. The van der Waals surface area contributed by atoms with E-state index in [2.05, 4.69) is 15.0 Å². The first-order valence-electron chi connectivity index (χ1n) is 11.0. The van der Waals surface area contributed by atoms with Crippen molar-refractivity contribution in [1.82, 2.24) is 19.5 Å². The molecule has 3 heterocycles. The number of benzene rings is 1. The summed E-state index contributed by atoms with van der Waals surface area (Å²) in [5, 5.41) is 8.03. The standard InChI is InChI=1S/C23H30N6O3S/c1-14-9-10-18(27-33(5,31)32)17(12-14)23(30)28-11-7-6-8-20(28)19-13-21-25-16(3)15(2)22(24-4)29(21)26-19/h9-10,12-13,20,24,27H,6-8,11H2,1-5H3/t20-/m0/s1. The highest BCUT2D eigenvalue weighted by Crippen LogP contribution is 2.34. The summed E-state index contributed by atoms with van der Waals surface area (Å²) in [6, 6.07) is 6.89. The number of hydrogen-bond donors (Lipinski definition) is 2. The Labute approximate surface area is 194 Å². The summed E-state index contributed by atoms with van der Waals surface area (Å²) in [5.41, 5.74) is 4.97. The number of fused-ring (bicyclic) bond motifs is 1. The topological polar surface area (TPSA) is 109 Å². The predicted octanol–water partition coefficient (Wildman–Crippen LogP) is 3.44. The van der Waals surface area contributed by atoms with E-state index < -0.39 is 10.0 Å². The summed E-state index contributed by atoms with van der Waals surface area (Å²) in [6.07, 6.45) is 3.73. The highest BCUT2D eigenvalue weighted by molar-refractivity contribution is 7.92. The van der Waals surface area contributed by atoms with Gasteiger partial charge in [-0.3, -0.25) is 9.52 Å². The van der Waals surface area contributed by atoms with Crippen LogP contribution in [0.25, 0.3) is 5.65 Å². The lowest BCUT2D eigenvalue weighted by Crippen LogP contribution is -2.39. The highest BCUT2D eigenvalue weighted by Gasteiger charge is 2.32. The average Bonchev–Trinajstić information content (AvgIpc) is 3.17. The molecule has 1 aliphatic heterocycles. The average molecular weight is 471 g/mol. The molecule has 3 aromatic rings. The number of carbonyl (C=O) groups excluding carboxylic acids is 1. The van der Waals surface area contributed by atoms with E-state index in [1.54, 1.807) is 22.7 Å².